The molecule has 3 heteroatoms. The molecule has 1 rings (SSSR count). The van der Waals surface area contributed by atoms with Gasteiger partial charge in [-0.15, -0.1) is 0 Å². The summed E-state index contributed by atoms with van der Waals surface area (Å²) in [7, 11) is 0. The van der Waals surface area contributed by atoms with E-state index in [2.05, 4.69) is 0 Å². The Balaban J connectivity index is 3.12. The van der Waals surface area contributed by atoms with Crippen LogP contribution in [0.1, 0.15) is 25.0 Å². The van der Waals surface area contributed by atoms with Crippen LogP contribution >= 0.6 is 23.2 Å². The van der Waals surface area contributed by atoms with Crippen LogP contribution in [0.2, 0.25) is 10.0 Å². The van der Waals surface area contributed by atoms with Crippen molar-refractivity contribution in [3.05, 3.63) is 33.8 Å². The second-order valence-electron chi connectivity index (χ2n) is 2.53. The monoisotopic (exact) mass is 203 g/mol. The summed E-state index contributed by atoms with van der Waals surface area (Å²) in [4.78, 5) is 0. The number of benzene rings is 1. The van der Waals surface area contributed by atoms with Crippen LogP contribution in [0.5, 0.6) is 0 Å². The number of hydrogen-bond acceptors (Lipinski definition) is 0. The molecule has 65 valence electrons. The van der Waals surface area contributed by atoms with E-state index in [-0.39, 0.29) is 0 Å². The molecule has 1 unspecified atom stereocenters. The Morgan fingerprint density at radius 3 is 2.25 bits per heavy atom. The third kappa shape index (κ3) is 1.92. The van der Waals surface area contributed by atoms with Crippen LogP contribution in [-0.2, 0) is 5.11 Å². The van der Waals surface area contributed by atoms with Gasteiger partial charge in [-0.05, 0) is 18.6 Å². The zero-order valence-corrected chi connectivity index (χ0v) is 8.19. The van der Waals surface area contributed by atoms with Crippen molar-refractivity contribution in [1.29, 1.82) is 0 Å². The zero-order valence-electron chi connectivity index (χ0n) is 6.68. The predicted molar refractivity (Wildman–Crippen MR) is 50.2 cm³/mol. The van der Waals surface area contributed by atoms with Gasteiger partial charge < -0.3 is 0 Å². The lowest BCUT2D eigenvalue weighted by Crippen LogP contribution is -1.95. The lowest BCUT2D eigenvalue weighted by atomic mass is 10.1. The summed E-state index contributed by atoms with van der Waals surface area (Å²) >= 11 is 11.6. The van der Waals surface area contributed by atoms with Crippen LogP contribution < -0.4 is 0 Å². The quantitative estimate of drug-likeness (QED) is 0.696. The summed E-state index contributed by atoms with van der Waals surface area (Å²) in [6.45, 7) is 1.82. The van der Waals surface area contributed by atoms with E-state index in [4.69, 9.17) is 23.2 Å². The van der Waals surface area contributed by atoms with Gasteiger partial charge in [0.25, 0.3) is 0 Å². The first kappa shape index (κ1) is 9.85. The molecule has 0 heterocycles. The van der Waals surface area contributed by atoms with Gasteiger partial charge in [0, 0.05) is 15.6 Å². The Labute approximate surface area is 81.9 Å². The van der Waals surface area contributed by atoms with E-state index >= 15 is 0 Å². The molecular formula is C9H9Cl2O. The number of halogens is 2. The first-order valence-electron chi connectivity index (χ1n) is 3.76. The van der Waals surface area contributed by atoms with Crippen molar-refractivity contribution in [3.63, 3.8) is 0 Å². The van der Waals surface area contributed by atoms with Crippen LogP contribution in [0, 0.1) is 0 Å². The third-order valence-corrected chi connectivity index (χ3v) is 2.35. The van der Waals surface area contributed by atoms with Gasteiger partial charge in [0.2, 0.25) is 0 Å². The van der Waals surface area contributed by atoms with Gasteiger partial charge in [0.1, 0.15) is 6.10 Å². The van der Waals surface area contributed by atoms with Crippen LogP contribution in [0.3, 0.4) is 0 Å². The summed E-state index contributed by atoms with van der Waals surface area (Å²) in [5.41, 5.74) is 0.517. The van der Waals surface area contributed by atoms with Crippen molar-refractivity contribution in [2.75, 3.05) is 0 Å². The minimum atomic E-state index is -0.814. The Hall–Kier alpha value is -0.240. The highest BCUT2D eigenvalue weighted by molar-refractivity contribution is 6.36. The van der Waals surface area contributed by atoms with Crippen LogP contribution in [-0.4, -0.2) is 0 Å². The fourth-order valence-electron chi connectivity index (χ4n) is 1.02. The molecule has 0 saturated heterocycles. The van der Waals surface area contributed by atoms with Crippen molar-refractivity contribution in [2.24, 2.45) is 0 Å². The molecule has 0 aliphatic rings. The Bertz CT molecular complexity index is 253. The van der Waals surface area contributed by atoms with E-state index in [0.717, 1.165) is 0 Å². The average Bonchev–Trinajstić information content (AvgIpc) is 2.03. The minimum Gasteiger partial charge on any atom is -0.228 e. The summed E-state index contributed by atoms with van der Waals surface area (Å²) in [5, 5.41) is 12.3. The van der Waals surface area contributed by atoms with E-state index in [1.54, 1.807) is 18.2 Å². The Kier molecular flexibility index (Phi) is 3.39. The highest BCUT2D eigenvalue weighted by atomic mass is 35.5. The molecule has 0 N–H and O–H groups in total. The molecule has 1 nitrogen and oxygen atoms in total. The number of rotatable bonds is 2. The minimum absolute atomic E-state index is 0.462. The molecule has 0 aliphatic heterocycles. The van der Waals surface area contributed by atoms with Crippen molar-refractivity contribution in [1.82, 2.24) is 0 Å². The molecule has 0 aliphatic carbocycles. The molecule has 0 bridgehead atoms. The van der Waals surface area contributed by atoms with Gasteiger partial charge in [0.05, 0.1) is 0 Å². The van der Waals surface area contributed by atoms with Crippen molar-refractivity contribution < 1.29 is 5.11 Å². The SMILES string of the molecule is CCC([O])c1c(Cl)cccc1Cl. The van der Waals surface area contributed by atoms with E-state index < -0.39 is 6.10 Å². The fourth-order valence-corrected chi connectivity index (χ4v) is 1.66. The lowest BCUT2D eigenvalue weighted by molar-refractivity contribution is 0.0859. The molecule has 0 aromatic heterocycles. The summed E-state index contributed by atoms with van der Waals surface area (Å²) < 4.78 is 0. The molecule has 12 heavy (non-hydrogen) atoms. The fraction of sp³-hybridized carbons (Fsp3) is 0.333. The average molecular weight is 204 g/mol. The Morgan fingerprint density at radius 1 is 1.33 bits per heavy atom. The van der Waals surface area contributed by atoms with Crippen LogP contribution in [0.15, 0.2) is 18.2 Å². The van der Waals surface area contributed by atoms with E-state index in [1.165, 1.54) is 0 Å². The molecule has 0 spiro atoms. The van der Waals surface area contributed by atoms with E-state index in [9.17, 15) is 5.11 Å². The maximum Gasteiger partial charge on any atom is 0.121 e. The van der Waals surface area contributed by atoms with Crippen molar-refractivity contribution in [3.8, 4) is 0 Å². The van der Waals surface area contributed by atoms with Crippen molar-refractivity contribution in [2.45, 2.75) is 19.4 Å². The second-order valence-corrected chi connectivity index (χ2v) is 3.35. The largest absolute Gasteiger partial charge is 0.228 e. The second kappa shape index (κ2) is 4.13. The smallest absolute Gasteiger partial charge is 0.121 e. The molecule has 0 saturated carbocycles. The maximum absolute atomic E-state index is 11.4. The van der Waals surface area contributed by atoms with Crippen LogP contribution in [0.25, 0.3) is 0 Å². The molecular weight excluding hydrogens is 195 g/mol. The van der Waals surface area contributed by atoms with Gasteiger partial charge in [0.15, 0.2) is 0 Å². The van der Waals surface area contributed by atoms with Gasteiger partial charge in [-0.2, -0.15) is 0 Å². The van der Waals surface area contributed by atoms with Gasteiger partial charge in [-0.3, -0.25) is 0 Å². The highest BCUT2D eigenvalue weighted by Crippen LogP contribution is 2.31. The first-order valence-corrected chi connectivity index (χ1v) is 4.52. The van der Waals surface area contributed by atoms with Crippen molar-refractivity contribution >= 4 is 23.2 Å². The number of hydrogen-bond donors (Lipinski definition) is 0. The zero-order chi connectivity index (χ0) is 9.14. The van der Waals surface area contributed by atoms with Crippen LogP contribution in [0.4, 0.5) is 0 Å². The molecule has 1 radical (unpaired) electrons. The summed E-state index contributed by atoms with van der Waals surface area (Å²) in [5.74, 6) is 0. The standard InChI is InChI=1S/C9H9Cl2O/c1-2-8(12)9-6(10)4-3-5-7(9)11/h3-5,8H,2H2,1H3. The molecule has 1 aromatic carbocycles. The third-order valence-electron chi connectivity index (χ3n) is 1.69. The lowest BCUT2D eigenvalue weighted by Gasteiger charge is -2.09. The molecule has 1 atom stereocenters. The predicted octanol–water partition coefficient (Wildman–Crippen LogP) is 3.88. The topological polar surface area (TPSA) is 19.9 Å². The summed E-state index contributed by atoms with van der Waals surface area (Å²) in [6, 6.07) is 5.10. The van der Waals surface area contributed by atoms with Gasteiger partial charge in [-0.1, -0.05) is 36.2 Å². The van der Waals surface area contributed by atoms with E-state index in [0.29, 0.717) is 22.0 Å². The maximum atomic E-state index is 11.4. The molecule has 0 amide bonds. The van der Waals surface area contributed by atoms with Gasteiger partial charge in [-0.25, -0.2) is 5.11 Å². The van der Waals surface area contributed by atoms with E-state index in [1.807, 2.05) is 6.92 Å². The van der Waals surface area contributed by atoms with Gasteiger partial charge >= 0.3 is 0 Å². The summed E-state index contributed by atoms with van der Waals surface area (Å²) in [6.07, 6.45) is -0.310. The Morgan fingerprint density at radius 2 is 1.83 bits per heavy atom. The normalized spacial score (nSPS) is 13.0. The molecule has 1 aromatic rings. The molecule has 0 fully saturated rings. The highest BCUT2D eigenvalue weighted by Gasteiger charge is 2.14. The first-order chi connectivity index (χ1) is 5.66.